The molecule has 2 atom stereocenters. The highest BCUT2D eigenvalue weighted by Gasteiger charge is 2.42. The lowest BCUT2D eigenvalue weighted by Gasteiger charge is -2.46. The highest BCUT2D eigenvalue weighted by atomic mass is 79.9. The predicted molar refractivity (Wildman–Crippen MR) is 105 cm³/mol. The van der Waals surface area contributed by atoms with Crippen LogP contribution in [0.2, 0.25) is 5.04 Å². The highest BCUT2D eigenvalue weighted by Crippen LogP contribution is 2.47. The van der Waals surface area contributed by atoms with Crippen molar-refractivity contribution in [3.05, 3.63) is 27.2 Å². The summed E-state index contributed by atoms with van der Waals surface area (Å²) in [6.07, 6.45) is 3.93. The van der Waals surface area contributed by atoms with Gasteiger partial charge in [-0.3, -0.25) is 0 Å². The zero-order valence-electron chi connectivity index (χ0n) is 15.3. The normalized spacial score (nSPS) is 26.2. The predicted octanol–water partition coefficient (Wildman–Crippen LogP) is 4.93. The Kier molecular flexibility index (Phi) is 4.48. The summed E-state index contributed by atoms with van der Waals surface area (Å²) in [5.41, 5.74) is 5.87. The summed E-state index contributed by atoms with van der Waals surface area (Å²) in [4.78, 5) is 0. The van der Waals surface area contributed by atoms with Crippen LogP contribution in [-0.2, 0) is 17.3 Å². The van der Waals surface area contributed by atoms with Gasteiger partial charge in [-0.15, -0.1) is 0 Å². The van der Waals surface area contributed by atoms with Crippen LogP contribution in [0.4, 0.5) is 5.69 Å². The molecule has 0 saturated carbocycles. The molecule has 2 nitrogen and oxygen atoms in total. The molecule has 0 aromatic heterocycles. The Balaban J connectivity index is 1.98. The van der Waals surface area contributed by atoms with Gasteiger partial charge in [-0.1, -0.05) is 43.6 Å². The van der Waals surface area contributed by atoms with E-state index in [9.17, 15) is 0 Å². The van der Waals surface area contributed by atoms with Crippen LogP contribution >= 0.6 is 15.9 Å². The van der Waals surface area contributed by atoms with E-state index < -0.39 is 9.76 Å². The van der Waals surface area contributed by atoms with Crippen molar-refractivity contribution >= 4 is 31.4 Å². The molecule has 0 saturated heterocycles. The van der Waals surface area contributed by atoms with E-state index in [0.29, 0.717) is 11.0 Å². The van der Waals surface area contributed by atoms with Gasteiger partial charge in [0.15, 0.2) is 9.76 Å². The maximum atomic E-state index is 6.55. The van der Waals surface area contributed by atoms with Crippen molar-refractivity contribution in [2.24, 2.45) is 0 Å². The van der Waals surface area contributed by atoms with Crippen LogP contribution in [-0.4, -0.2) is 21.4 Å². The van der Waals surface area contributed by atoms with Gasteiger partial charge in [0.2, 0.25) is 0 Å². The second-order valence-electron chi connectivity index (χ2n) is 9.06. The maximum absolute atomic E-state index is 6.55. The van der Waals surface area contributed by atoms with Crippen molar-refractivity contribution in [2.45, 2.75) is 83.4 Å². The molecule has 0 radical (unpaired) electrons. The molecule has 128 valence electrons. The van der Waals surface area contributed by atoms with Crippen LogP contribution < -0.4 is 5.32 Å². The molecule has 0 bridgehead atoms. The Hall–Kier alpha value is -0.323. The Bertz CT molecular complexity index is 621. The summed E-state index contributed by atoms with van der Waals surface area (Å²) in [6, 6.07) is 2.35. The first kappa shape index (κ1) is 17.5. The summed E-state index contributed by atoms with van der Waals surface area (Å²) in [6.45, 7) is 13.8. The van der Waals surface area contributed by atoms with Crippen LogP contribution in [0.5, 0.6) is 0 Å². The van der Waals surface area contributed by atoms with Crippen LogP contribution in [0.15, 0.2) is 10.5 Å². The molecular weight excluding hydrogens is 366 g/mol. The van der Waals surface area contributed by atoms with Gasteiger partial charge in [0.25, 0.3) is 0 Å². The average Bonchev–Trinajstić information content (AvgIpc) is 2.88. The van der Waals surface area contributed by atoms with Crippen LogP contribution in [0, 0.1) is 0 Å². The number of halogens is 1. The third-order valence-corrected chi connectivity index (χ3v) is 7.28. The lowest BCUT2D eigenvalue weighted by molar-refractivity contribution is 0.112. The fraction of sp³-hybridized carbons (Fsp3) is 0.684. The maximum Gasteiger partial charge on any atom is 0.167 e. The first-order valence-corrected chi connectivity index (χ1v) is 10.9. The molecular formula is C19H30BrNOSi. The van der Waals surface area contributed by atoms with Gasteiger partial charge in [-0.2, -0.15) is 0 Å². The van der Waals surface area contributed by atoms with Gasteiger partial charge in [0, 0.05) is 16.1 Å². The fourth-order valence-corrected chi connectivity index (χ4v) is 6.20. The lowest BCUT2D eigenvalue weighted by Crippen LogP contribution is -2.52. The van der Waals surface area contributed by atoms with Crippen molar-refractivity contribution in [3.63, 3.8) is 0 Å². The number of nitrogens with one attached hydrogen (secondary N) is 1. The van der Waals surface area contributed by atoms with Crippen molar-refractivity contribution in [2.75, 3.05) is 5.32 Å². The molecule has 3 rings (SSSR count). The van der Waals surface area contributed by atoms with Crippen molar-refractivity contribution in [3.8, 4) is 0 Å². The molecule has 1 aromatic rings. The SMILES string of the molecule is CC1c2cc(Br)c3c(c2NC(C)(C)C1O[SiH2]C(C)(C)C)CCC3. The molecule has 2 unspecified atom stereocenters. The van der Waals surface area contributed by atoms with Crippen molar-refractivity contribution in [1.29, 1.82) is 0 Å². The number of benzene rings is 1. The third kappa shape index (κ3) is 3.27. The fourth-order valence-electron chi connectivity index (χ4n) is 4.13. The summed E-state index contributed by atoms with van der Waals surface area (Å²) < 4.78 is 7.85. The molecule has 1 heterocycles. The Morgan fingerprint density at radius 1 is 1.26 bits per heavy atom. The third-order valence-electron chi connectivity index (χ3n) is 5.18. The molecule has 23 heavy (non-hydrogen) atoms. The lowest BCUT2D eigenvalue weighted by atomic mass is 9.78. The molecule has 1 aliphatic carbocycles. The summed E-state index contributed by atoms with van der Waals surface area (Å²) in [7, 11) is -0.568. The highest BCUT2D eigenvalue weighted by molar-refractivity contribution is 9.10. The monoisotopic (exact) mass is 395 g/mol. The second kappa shape index (κ2) is 5.89. The van der Waals surface area contributed by atoms with Crippen molar-refractivity contribution < 1.29 is 4.43 Å². The van der Waals surface area contributed by atoms with E-state index in [2.05, 4.69) is 68.9 Å². The van der Waals surface area contributed by atoms with Crippen LogP contribution in [0.1, 0.15) is 70.6 Å². The Morgan fingerprint density at radius 2 is 1.91 bits per heavy atom. The molecule has 2 aliphatic rings. The van der Waals surface area contributed by atoms with Gasteiger partial charge in [0.1, 0.15) is 0 Å². The van der Waals surface area contributed by atoms with E-state index in [1.165, 1.54) is 40.5 Å². The van der Waals surface area contributed by atoms with E-state index in [-0.39, 0.29) is 11.6 Å². The molecule has 0 fully saturated rings. The minimum atomic E-state index is -0.568. The molecule has 1 aliphatic heterocycles. The van der Waals surface area contributed by atoms with Gasteiger partial charge in [-0.25, -0.2) is 0 Å². The number of hydrogen-bond donors (Lipinski definition) is 1. The minimum absolute atomic E-state index is 0.0190. The topological polar surface area (TPSA) is 21.3 Å². The summed E-state index contributed by atoms with van der Waals surface area (Å²) in [5.74, 6) is 0.429. The molecule has 4 heteroatoms. The summed E-state index contributed by atoms with van der Waals surface area (Å²) in [5, 5.41) is 4.18. The van der Waals surface area contributed by atoms with E-state index in [1.54, 1.807) is 5.56 Å². The largest absolute Gasteiger partial charge is 0.418 e. The van der Waals surface area contributed by atoms with E-state index >= 15 is 0 Å². The number of rotatable bonds is 2. The van der Waals surface area contributed by atoms with Gasteiger partial charge < -0.3 is 9.74 Å². The average molecular weight is 396 g/mol. The molecule has 0 amide bonds. The first-order valence-electron chi connectivity index (χ1n) is 8.84. The zero-order valence-corrected chi connectivity index (χ0v) is 18.3. The van der Waals surface area contributed by atoms with E-state index in [4.69, 9.17) is 4.43 Å². The quantitative estimate of drug-likeness (QED) is 0.716. The van der Waals surface area contributed by atoms with Crippen LogP contribution in [0.3, 0.4) is 0 Å². The van der Waals surface area contributed by atoms with E-state index in [0.717, 1.165) is 0 Å². The van der Waals surface area contributed by atoms with Gasteiger partial charge in [-0.05, 0) is 60.9 Å². The van der Waals surface area contributed by atoms with E-state index in [1.807, 2.05) is 0 Å². The Labute approximate surface area is 151 Å². The number of hydrogen-bond acceptors (Lipinski definition) is 2. The van der Waals surface area contributed by atoms with Gasteiger partial charge in [0.05, 0.1) is 11.6 Å². The second-order valence-corrected chi connectivity index (χ2v) is 12.7. The van der Waals surface area contributed by atoms with Gasteiger partial charge >= 0.3 is 0 Å². The Morgan fingerprint density at radius 3 is 2.57 bits per heavy atom. The molecule has 1 aromatic carbocycles. The smallest absolute Gasteiger partial charge is 0.167 e. The first-order chi connectivity index (χ1) is 10.6. The standard InChI is InChI=1S/C19H30BrNOSi/c1-11-14-10-15(20)12-8-7-9-13(12)16(14)21-19(5,6)17(11)22-23-18(2,3)4/h10-11,17,21H,7-9,23H2,1-6H3. The number of fused-ring (bicyclic) bond motifs is 3. The van der Waals surface area contributed by atoms with Crippen LogP contribution in [0.25, 0.3) is 0 Å². The number of anilines is 1. The minimum Gasteiger partial charge on any atom is -0.418 e. The molecule has 0 spiro atoms. The van der Waals surface area contributed by atoms with Crippen molar-refractivity contribution in [1.82, 2.24) is 0 Å². The molecule has 1 N–H and O–H groups in total. The zero-order chi connectivity index (χ0) is 17.0. The summed E-state index contributed by atoms with van der Waals surface area (Å²) >= 11 is 3.81.